The molecule has 1 aromatic carbocycles. The van der Waals surface area contributed by atoms with E-state index in [1.807, 2.05) is 36.9 Å². The Balaban J connectivity index is 1.70. The van der Waals surface area contributed by atoms with Crippen molar-refractivity contribution in [2.24, 2.45) is 0 Å². The maximum Gasteiger partial charge on any atom is 0.179 e. The summed E-state index contributed by atoms with van der Waals surface area (Å²) in [4.78, 5) is 11.0. The van der Waals surface area contributed by atoms with Gasteiger partial charge >= 0.3 is 0 Å². The van der Waals surface area contributed by atoms with Crippen molar-refractivity contribution in [2.75, 3.05) is 48.5 Å². The predicted molar refractivity (Wildman–Crippen MR) is 108 cm³/mol. The van der Waals surface area contributed by atoms with E-state index >= 15 is 0 Å². The second-order valence-corrected chi connectivity index (χ2v) is 7.39. The Bertz CT molecular complexity index is 741. The zero-order chi connectivity index (χ0) is 18.4. The van der Waals surface area contributed by atoms with Crippen molar-refractivity contribution < 1.29 is 9.47 Å². The first-order valence-corrected chi connectivity index (χ1v) is 10.1. The van der Waals surface area contributed by atoms with E-state index < -0.39 is 0 Å². The van der Waals surface area contributed by atoms with E-state index in [2.05, 4.69) is 20.2 Å². The second kappa shape index (κ2) is 9.19. The van der Waals surface area contributed by atoms with Crippen LogP contribution in [-0.4, -0.2) is 48.3 Å². The van der Waals surface area contributed by atoms with Crippen LogP contribution >= 0.6 is 23.4 Å². The lowest BCUT2D eigenvalue weighted by molar-refractivity contribution is 0.311. The predicted octanol–water partition coefficient (Wildman–Crippen LogP) is 3.70. The van der Waals surface area contributed by atoms with E-state index in [1.54, 1.807) is 13.4 Å². The number of nitrogens with one attached hydrogen (secondary N) is 1. The van der Waals surface area contributed by atoms with Crippen LogP contribution < -0.4 is 19.7 Å². The van der Waals surface area contributed by atoms with Gasteiger partial charge in [0.1, 0.15) is 18.0 Å². The first kappa shape index (κ1) is 18.9. The van der Waals surface area contributed by atoms with E-state index in [4.69, 9.17) is 21.1 Å². The largest absolute Gasteiger partial charge is 0.493 e. The van der Waals surface area contributed by atoms with Gasteiger partial charge in [0.05, 0.1) is 18.7 Å². The van der Waals surface area contributed by atoms with E-state index in [9.17, 15) is 0 Å². The maximum atomic E-state index is 6.33. The van der Waals surface area contributed by atoms with Crippen LogP contribution in [0.3, 0.4) is 0 Å². The number of hydrogen-bond donors (Lipinski definition) is 1. The number of aromatic nitrogens is 2. The normalized spacial score (nSPS) is 14.2. The molecule has 0 spiro atoms. The molecule has 3 rings (SSSR count). The van der Waals surface area contributed by atoms with Gasteiger partial charge in [-0.25, -0.2) is 9.97 Å². The lowest BCUT2D eigenvalue weighted by Gasteiger charge is -2.27. The molecule has 26 heavy (non-hydrogen) atoms. The number of thioether (sulfide) groups is 1. The lowest BCUT2D eigenvalue weighted by atomic mass is 10.2. The summed E-state index contributed by atoms with van der Waals surface area (Å²) in [7, 11) is 1.61. The first-order valence-electron chi connectivity index (χ1n) is 8.59. The van der Waals surface area contributed by atoms with Gasteiger partial charge in [-0.3, -0.25) is 0 Å². The molecule has 2 aromatic rings. The molecule has 6 nitrogen and oxygen atoms in total. The number of ether oxygens (including phenoxy) is 2. The number of methoxy groups -OCH3 is 1. The Hall–Kier alpha value is -1.86. The fourth-order valence-electron chi connectivity index (χ4n) is 2.76. The fraction of sp³-hybridized carbons (Fsp3) is 0.444. The standard InChI is InChI=1S/C18H23ClN4O2S/c1-3-25-18-14(19)8-13(9-15(18)24-2)11-20-16-10-17(22-12-21-16)23-4-6-26-7-5-23/h8-10,12H,3-7,11H2,1-2H3,(H,20,21,22). The number of rotatable bonds is 7. The van der Waals surface area contributed by atoms with Crippen molar-refractivity contribution >= 4 is 35.0 Å². The van der Waals surface area contributed by atoms with Gasteiger partial charge in [0, 0.05) is 37.2 Å². The van der Waals surface area contributed by atoms with Crippen LogP contribution in [0.1, 0.15) is 12.5 Å². The highest BCUT2D eigenvalue weighted by atomic mass is 35.5. The Kier molecular flexibility index (Phi) is 6.68. The van der Waals surface area contributed by atoms with Gasteiger partial charge in [-0.2, -0.15) is 11.8 Å². The van der Waals surface area contributed by atoms with E-state index in [1.165, 1.54) is 0 Å². The first-order chi connectivity index (χ1) is 12.7. The smallest absolute Gasteiger partial charge is 0.179 e. The summed E-state index contributed by atoms with van der Waals surface area (Å²) in [5.41, 5.74) is 0.991. The Morgan fingerprint density at radius 2 is 2.04 bits per heavy atom. The van der Waals surface area contributed by atoms with E-state index in [0.29, 0.717) is 29.7 Å². The van der Waals surface area contributed by atoms with Gasteiger partial charge in [-0.15, -0.1) is 0 Å². The summed E-state index contributed by atoms with van der Waals surface area (Å²) >= 11 is 8.31. The summed E-state index contributed by atoms with van der Waals surface area (Å²) in [6.07, 6.45) is 1.60. The molecule has 1 fully saturated rings. The van der Waals surface area contributed by atoms with Crippen molar-refractivity contribution in [3.63, 3.8) is 0 Å². The molecule has 0 amide bonds. The molecule has 1 aromatic heterocycles. The Labute approximate surface area is 163 Å². The molecule has 1 aliphatic rings. The molecule has 1 saturated heterocycles. The van der Waals surface area contributed by atoms with Crippen molar-refractivity contribution in [1.82, 2.24) is 9.97 Å². The highest BCUT2D eigenvalue weighted by Crippen LogP contribution is 2.36. The molecule has 140 valence electrons. The zero-order valence-electron chi connectivity index (χ0n) is 15.0. The van der Waals surface area contributed by atoms with Gasteiger partial charge in [-0.05, 0) is 24.6 Å². The molecule has 0 unspecified atom stereocenters. The van der Waals surface area contributed by atoms with Crippen LogP contribution in [0.2, 0.25) is 5.02 Å². The van der Waals surface area contributed by atoms with Gasteiger partial charge < -0.3 is 19.7 Å². The van der Waals surface area contributed by atoms with Crippen LogP contribution in [-0.2, 0) is 6.54 Å². The van der Waals surface area contributed by atoms with Crippen molar-refractivity contribution in [2.45, 2.75) is 13.5 Å². The quantitative estimate of drug-likeness (QED) is 0.768. The van der Waals surface area contributed by atoms with Crippen LogP contribution in [0.5, 0.6) is 11.5 Å². The van der Waals surface area contributed by atoms with Gasteiger partial charge in [0.15, 0.2) is 11.5 Å². The van der Waals surface area contributed by atoms with Crippen molar-refractivity contribution in [1.29, 1.82) is 0 Å². The number of hydrogen-bond acceptors (Lipinski definition) is 7. The Morgan fingerprint density at radius 1 is 1.23 bits per heavy atom. The molecule has 8 heteroatoms. The summed E-state index contributed by atoms with van der Waals surface area (Å²) in [6.45, 7) is 5.07. The molecule has 0 bridgehead atoms. The summed E-state index contributed by atoms with van der Waals surface area (Å²) in [5.74, 6) is 5.23. The lowest BCUT2D eigenvalue weighted by Crippen LogP contribution is -2.33. The molecular weight excluding hydrogens is 372 g/mol. The van der Waals surface area contributed by atoms with Crippen LogP contribution in [0, 0.1) is 0 Å². The Morgan fingerprint density at radius 3 is 2.77 bits per heavy atom. The van der Waals surface area contributed by atoms with Gasteiger partial charge in [0.25, 0.3) is 0 Å². The fourth-order valence-corrected chi connectivity index (χ4v) is 3.95. The minimum atomic E-state index is 0.534. The maximum absolute atomic E-state index is 6.33. The average Bonchev–Trinajstić information content (AvgIpc) is 2.69. The van der Waals surface area contributed by atoms with E-state index in [0.717, 1.165) is 41.8 Å². The SMILES string of the molecule is CCOc1c(Cl)cc(CNc2cc(N3CCSCC3)ncn2)cc1OC. The molecule has 0 radical (unpaired) electrons. The molecule has 0 atom stereocenters. The summed E-state index contributed by atoms with van der Waals surface area (Å²) in [5, 5.41) is 3.87. The number of halogens is 1. The average molecular weight is 395 g/mol. The third kappa shape index (κ3) is 4.65. The number of benzene rings is 1. The third-order valence-electron chi connectivity index (χ3n) is 4.04. The molecular formula is C18H23ClN4O2S. The van der Waals surface area contributed by atoms with Gasteiger partial charge in [-0.1, -0.05) is 11.6 Å². The van der Waals surface area contributed by atoms with Crippen LogP contribution in [0.15, 0.2) is 24.5 Å². The summed E-state index contributed by atoms with van der Waals surface area (Å²) < 4.78 is 11.0. The van der Waals surface area contributed by atoms with E-state index in [-0.39, 0.29) is 0 Å². The monoisotopic (exact) mass is 394 g/mol. The second-order valence-electron chi connectivity index (χ2n) is 5.76. The topological polar surface area (TPSA) is 59.5 Å². The van der Waals surface area contributed by atoms with Gasteiger partial charge in [0.2, 0.25) is 0 Å². The minimum Gasteiger partial charge on any atom is -0.493 e. The molecule has 0 saturated carbocycles. The highest BCUT2D eigenvalue weighted by molar-refractivity contribution is 7.99. The molecule has 0 aliphatic carbocycles. The van der Waals surface area contributed by atoms with Crippen molar-refractivity contribution in [3.8, 4) is 11.5 Å². The van der Waals surface area contributed by atoms with Crippen LogP contribution in [0.25, 0.3) is 0 Å². The molecule has 1 aliphatic heterocycles. The molecule has 2 heterocycles. The minimum absolute atomic E-state index is 0.534. The number of anilines is 2. The van der Waals surface area contributed by atoms with Crippen LogP contribution in [0.4, 0.5) is 11.6 Å². The highest BCUT2D eigenvalue weighted by Gasteiger charge is 2.14. The molecule has 1 N–H and O–H groups in total. The third-order valence-corrected chi connectivity index (χ3v) is 5.26. The summed E-state index contributed by atoms with van der Waals surface area (Å²) in [6, 6.07) is 5.79. The zero-order valence-corrected chi connectivity index (χ0v) is 16.6. The van der Waals surface area contributed by atoms with Crippen molar-refractivity contribution in [3.05, 3.63) is 35.1 Å². The number of nitrogens with zero attached hydrogens (tertiary/aromatic N) is 3.